The second-order valence-corrected chi connectivity index (χ2v) is 6.30. The van der Waals surface area contributed by atoms with Crippen molar-refractivity contribution in [3.8, 4) is 5.75 Å². The number of aliphatic imine (C=N–C) groups is 1. The van der Waals surface area contributed by atoms with Gasteiger partial charge in [-0.15, -0.1) is 30.6 Å². The van der Waals surface area contributed by atoms with Gasteiger partial charge in [0, 0.05) is 32.2 Å². The molecule has 7 heteroatoms. The van der Waals surface area contributed by atoms with Crippen molar-refractivity contribution in [1.82, 2.24) is 10.2 Å². The lowest BCUT2D eigenvalue weighted by molar-refractivity contribution is -0.116. The molecule has 0 radical (unpaired) electrons. The Hall–Kier alpha value is -1.77. The highest BCUT2D eigenvalue weighted by atomic mass is 127. The third kappa shape index (κ3) is 7.78. The van der Waals surface area contributed by atoms with Crippen LogP contribution in [0.25, 0.3) is 0 Å². The SMILES string of the molecule is C=CCCCN(C)C(=NCCOc1ccc2c(c1)CCC(=O)N2)NCC.I. The first kappa shape index (κ1) is 23.3. The van der Waals surface area contributed by atoms with E-state index in [4.69, 9.17) is 4.74 Å². The Labute approximate surface area is 179 Å². The number of allylic oxidation sites excluding steroid dienone is 1. The number of halogens is 1. The van der Waals surface area contributed by atoms with Crippen molar-refractivity contribution >= 4 is 41.5 Å². The number of anilines is 1. The molecule has 1 aromatic rings. The summed E-state index contributed by atoms with van der Waals surface area (Å²) in [5.74, 6) is 1.79. The quantitative estimate of drug-likeness (QED) is 0.185. The molecule has 27 heavy (non-hydrogen) atoms. The van der Waals surface area contributed by atoms with E-state index in [9.17, 15) is 4.79 Å². The number of benzene rings is 1. The number of ether oxygens (including phenoxy) is 1. The Bertz CT molecular complexity index is 649. The first-order chi connectivity index (χ1) is 12.6. The van der Waals surface area contributed by atoms with E-state index in [0.717, 1.165) is 55.3 Å². The summed E-state index contributed by atoms with van der Waals surface area (Å²) in [7, 11) is 2.04. The molecule has 1 aromatic carbocycles. The molecule has 0 aromatic heterocycles. The number of carbonyl (C=O) groups excluding carboxylic acids is 1. The molecule has 0 spiro atoms. The van der Waals surface area contributed by atoms with Gasteiger partial charge in [0.2, 0.25) is 5.91 Å². The Morgan fingerprint density at radius 1 is 1.44 bits per heavy atom. The highest BCUT2D eigenvalue weighted by molar-refractivity contribution is 14.0. The van der Waals surface area contributed by atoms with Crippen LogP contribution in [-0.4, -0.2) is 50.1 Å². The fourth-order valence-electron chi connectivity index (χ4n) is 2.81. The standard InChI is InChI=1S/C20H30N4O2.HI/c1-4-6-7-13-24(3)20(21-5-2)22-12-14-26-17-9-10-18-16(15-17)8-11-19(25)23-18;/h4,9-10,15H,1,5-8,11-14H2,2-3H3,(H,21,22)(H,23,25);1H. The number of carbonyl (C=O) groups is 1. The van der Waals surface area contributed by atoms with Gasteiger partial charge < -0.3 is 20.3 Å². The van der Waals surface area contributed by atoms with Crippen LogP contribution < -0.4 is 15.4 Å². The fourth-order valence-corrected chi connectivity index (χ4v) is 2.81. The maximum Gasteiger partial charge on any atom is 0.224 e. The van der Waals surface area contributed by atoms with Crippen LogP contribution in [0.2, 0.25) is 0 Å². The number of guanidine groups is 1. The molecule has 2 N–H and O–H groups in total. The second kappa shape index (κ2) is 12.6. The van der Waals surface area contributed by atoms with Crippen molar-refractivity contribution in [2.24, 2.45) is 4.99 Å². The average molecular weight is 486 g/mol. The highest BCUT2D eigenvalue weighted by Gasteiger charge is 2.14. The Morgan fingerprint density at radius 2 is 2.26 bits per heavy atom. The first-order valence-electron chi connectivity index (χ1n) is 9.30. The minimum absolute atomic E-state index is 0. The number of fused-ring (bicyclic) bond motifs is 1. The molecule has 0 saturated heterocycles. The third-order valence-corrected chi connectivity index (χ3v) is 4.19. The summed E-state index contributed by atoms with van der Waals surface area (Å²) in [6.45, 7) is 8.70. The molecule has 0 atom stereocenters. The molecule has 0 fully saturated rings. The highest BCUT2D eigenvalue weighted by Crippen LogP contribution is 2.26. The molecular weight excluding hydrogens is 455 g/mol. The molecule has 1 amide bonds. The Balaban J connectivity index is 0.00000364. The van der Waals surface area contributed by atoms with Crippen molar-refractivity contribution in [3.63, 3.8) is 0 Å². The van der Waals surface area contributed by atoms with Crippen LogP contribution in [0.5, 0.6) is 5.75 Å². The first-order valence-corrected chi connectivity index (χ1v) is 9.30. The lowest BCUT2D eigenvalue weighted by Gasteiger charge is -2.22. The zero-order valence-corrected chi connectivity index (χ0v) is 18.6. The van der Waals surface area contributed by atoms with E-state index in [1.54, 1.807) is 0 Å². The number of amides is 1. The lowest BCUT2D eigenvalue weighted by atomic mass is 10.0. The number of rotatable bonds is 9. The summed E-state index contributed by atoms with van der Waals surface area (Å²) >= 11 is 0. The molecule has 0 unspecified atom stereocenters. The Kier molecular flexibility index (Phi) is 10.8. The number of aryl methyl sites for hydroxylation is 1. The largest absolute Gasteiger partial charge is 0.492 e. The number of hydrogen-bond donors (Lipinski definition) is 2. The molecule has 0 aliphatic carbocycles. The third-order valence-electron chi connectivity index (χ3n) is 4.19. The van der Waals surface area contributed by atoms with Gasteiger partial charge in [-0.1, -0.05) is 6.08 Å². The summed E-state index contributed by atoms with van der Waals surface area (Å²) in [4.78, 5) is 18.2. The van der Waals surface area contributed by atoms with Crippen molar-refractivity contribution in [2.45, 2.75) is 32.6 Å². The predicted molar refractivity (Wildman–Crippen MR) is 122 cm³/mol. The molecule has 1 aliphatic heterocycles. The van der Waals surface area contributed by atoms with Gasteiger partial charge >= 0.3 is 0 Å². The second-order valence-electron chi connectivity index (χ2n) is 6.30. The smallest absolute Gasteiger partial charge is 0.224 e. The van der Waals surface area contributed by atoms with Gasteiger partial charge in [-0.05, 0) is 49.9 Å². The van der Waals surface area contributed by atoms with E-state index in [1.807, 2.05) is 31.3 Å². The molecular formula is C20H31IN4O2. The summed E-state index contributed by atoms with van der Waals surface area (Å²) in [5.41, 5.74) is 2.02. The summed E-state index contributed by atoms with van der Waals surface area (Å²) < 4.78 is 5.83. The number of unbranched alkanes of at least 4 members (excludes halogenated alkanes) is 1. The summed E-state index contributed by atoms with van der Waals surface area (Å²) in [6.07, 6.45) is 5.30. The summed E-state index contributed by atoms with van der Waals surface area (Å²) in [6, 6.07) is 5.80. The van der Waals surface area contributed by atoms with E-state index in [-0.39, 0.29) is 29.9 Å². The zero-order chi connectivity index (χ0) is 18.8. The minimum atomic E-state index is 0. The topological polar surface area (TPSA) is 66.0 Å². The minimum Gasteiger partial charge on any atom is -0.492 e. The summed E-state index contributed by atoms with van der Waals surface area (Å²) in [5, 5.41) is 6.19. The molecule has 1 heterocycles. The number of nitrogens with zero attached hydrogens (tertiary/aromatic N) is 2. The molecule has 0 saturated carbocycles. The monoisotopic (exact) mass is 486 g/mol. The van der Waals surface area contributed by atoms with Crippen molar-refractivity contribution < 1.29 is 9.53 Å². The normalized spacial score (nSPS) is 13.1. The van der Waals surface area contributed by atoms with Gasteiger partial charge in [-0.3, -0.25) is 4.79 Å². The van der Waals surface area contributed by atoms with E-state index >= 15 is 0 Å². The number of nitrogens with one attached hydrogen (secondary N) is 2. The van der Waals surface area contributed by atoms with Crippen LogP contribution in [0.1, 0.15) is 31.7 Å². The van der Waals surface area contributed by atoms with Crippen LogP contribution >= 0.6 is 24.0 Å². The molecule has 0 bridgehead atoms. The van der Waals surface area contributed by atoms with E-state index in [0.29, 0.717) is 19.6 Å². The van der Waals surface area contributed by atoms with Crippen molar-refractivity contribution in [1.29, 1.82) is 0 Å². The molecule has 2 rings (SSSR count). The molecule has 150 valence electrons. The molecule has 1 aliphatic rings. The predicted octanol–water partition coefficient (Wildman–Crippen LogP) is 3.43. The zero-order valence-electron chi connectivity index (χ0n) is 16.3. The van der Waals surface area contributed by atoms with Gasteiger partial charge in [0.15, 0.2) is 5.96 Å². The average Bonchev–Trinajstić information content (AvgIpc) is 2.64. The van der Waals surface area contributed by atoms with Gasteiger partial charge in [0.05, 0.1) is 6.54 Å². The van der Waals surface area contributed by atoms with Crippen molar-refractivity contribution in [3.05, 3.63) is 36.4 Å². The van der Waals surface area contributed by atoms with E-state index < -0.39 is 0 Å². The fraction of sp³-hybridized carbons (Fsp3) is 0.500. The van der Waals surface area contributed by atoms with Gasteiger partial charge in [0.25, 0.3) is 0 Å². The Morgan fingerprint density at radius 3 is 3.00 bits per heavy atom. The maximum absolute atomic E-state index is 11.4. The van der Waals surface area contributed by atoms with Crippen LogP contribution in [0.4, 0.5) is 5.69 Å². The van der Waals surface area contributed by atoms with E-state index in [1.165, 1.54) is 0 Å². The van der Waals surface area contributed by atoms with Crippen LogP contribution in [0, 0.1) is 0 Å². The van der Waals surface area contributed by atoms with E-state index in [2.05, 4.69) is 34.0 Å². The van der Waals surface area contributed by atoms with Crippen LogP contribution in [0.15, 0.2) is 35.8 Å². The molecule has 6 nitrogen and oxygen atoms in total. The van der Waals surface area contributed by atoms with Gasteiger partial charge in [0.1, 0.15) is 12.4 Å². The lowest BCUT2D eigenvalue weighted by Crippen LogP contribution is -2.39. The van der Waals surface area contributed by atoms with Gasteiger partial charge in [-0.25, -0.2) is 4.99 Å². The van der Waals surface area contributed by atoms with Crippen molar-refractivity contribution in [2.75, 3.05) is 38.6 Å². The van der Waals surface area contributed by atoms with Crippen LogP contribution in [-0.2, 0) is 11.2 Å². The number of hydrogen-bond acceptors (Lipinski definition) is 3. The maximum atomic E-state index is 11.4. The van der Waals surface area contributed by atoms with Gasteiger partial charge in [-0.2, -0.15) is 0 Å². The van der Waals surface area contributed by atoms with Crippen LogP contribution in [0.3, 0.4) is 0 Å².